The number of piperidine rings is 1. The summed E-state index contributed by atoms with van der Waals surface area (Å²) in [7, 11) is 2.42. The van der Waals surface area contributed by atoms with Crippen molar-refractivity contribution in [1.82, 2.24) is 0 Å². The highest BCUT2D eigenvalue weighted by Crippen LogP contribution is 2.44. The minimum absolute atomic E-state index is 0. The molecule has 160 valence electrons. The first-order valence-corrected chi connectivity index (χ1v) is 11.3. The van der Waals surface area contributed by atoms with Crippen LogP contribution in [0.5, 0.6) is 0 Å². The van der Waals surface area contributed by atoms with Gasteiger partial charge < -0.3 is 33.2 Å². The molecule has 2 unspecified atom stereocenters. The predicted octanol–water partition coefficient (Wildman–Crippen LogP) is 2.50. The molecule has 0 radical (unpaired) electrons. The van der Waals surface area contributed by atoms with Crippen LogP contribution in [0.1, 0.15) is 77.2 Å². The molecular formula is C25H36INO2. The van der Waals surface area contributed by atoms with Crippen LogP contribution in [0.4, 0.5) is 0 Å². The summed E-state index contributed by atoms with van der Waals surface area (Å²) in [4.78, 5) is 12.8. The van der Waals surface area contributed by atoms with Gasteiger partial charge in [-0.15, -0.1) is 0 Å². The van der Waals surface area contributed by atoms with E-state index in [0.29, 0.717) is 24.5 Å². The summed E-state index contributed by atoms with van der Waals surface area (Å²) in [5.74, 6) is -0.00428. The Morgan fingerprint density at radius 2 is 1.69 bits per heavy atom. The third kappa shape index (κ3) is 4.58. The minimum atomic E-state index is -0.00428. The molecule has 0 saturated carbocycles. The summed E-state index contributed by atoms with van der Waals surface area (Å²) < 4.78 is 7.23. The van der Waals surface area contributed by atoms with E-state index in [1.807, 2.05) is 0 Å². The largest absolute Gasteiger partial charge is 1.00 e. The van der Waals surface area contributed by atoms with Crippen LogP contribution in [-0.2, 0) is 9.53 Å². The molecule has 2 saturated heterocycles. The maximum absolute atomic E-state index is 12.8. The number of carbonyl (C=O) groups is 1. The molecule has 2 fully saturated rings. The average Bonchev–Trinajstić information content (AvgIpc) is 2.87. The van der Waals surface area contributed by atoms with Crippen LogP contribution in [0.3, 0.4) is 0 Å². The molecule has 3 nitrogen and oxygen atoms in total. The predicted molar refractivity (Wildman–Crippen MR) is 114 cm³/mol. The van der Waals surface area contributed by atoms with E-state index >= 15 is 0 Å². The van der Waals surface area contributed by atoms with Crippen LogP contribution in [0.15, 0.2) is 35.9 Å². The Kier molecular flexibility index (Phi) is 7.47. The standard InChI is InChI=1S/C25H36NO2.HI/c1-18(2)26(3)21-13-14-22(26)17-23(16-21)28-25(27)15-20-11-7-8-12-24(20)19-9-5-4-6-10-19;/h4-6,9-10,18,21-23H,7-8,11-17H2,1-3H3;1H/q+1;/p-1/t21-,22+,23?,26?;. The number of ether oxygens (including phenoxy) is 1. The summed E-state index contributed by atoms with van der Waals surface area (Å²) >= 11 is 0. The van der Waals surface area contributed by atoms with Gasteiger partial charge in [-0.1, -0.05) is 35.9 Å². The van der Waals surface area contributed by atoms with Crippen molar-refractivity contribution in [3.8, 4) is 0 Å². The lowest BCUT2D eigenvalue weighted by Gasteiger charge is -2.49. The van der Waals surface area contributed by atoms with Gasteiger partial charge >= 0.3 is 5.97 Å². The number of nitrogens with zero attached hydrogens (tertiary/aromatic N) is 1. The maximum atomic E-state index is 12.8. The molecule has 0 N–H and O–H groups in total. The Morgan fingerprint density at radius 3 is 2.31 bits per heavy atom. The van der Waals surface area contributed by atoms with Crippen LogP contribution in [0, 0.1) is 0 Å². The number of carbonyl (C=O) groups excluding carboxylic acids is 1. The Hall–Kier alpha value is -0.880. The van der Waals surface area contributed by atoms with Crippen LogP contribution in [-0.4, -0.2) is 41.7 Å². The average molecular weight is 509 g/mol. The monoisotopic (exact) mass is 509 g/mol. The Bertz CT molecular complexity index is 728. The summed E-state index contributed by atoms with van der Waals surface area (Å²) in [6, 6.07) is 12.6. The number of fused-ring (bicyclic) bond motifs is 2. The van der Waals surface area contributed by atoms with E-state index in [4.69, 9.17) is 4.74 Å². The molecule has 3 aliphatic rings. The number of hydrogen-bond acceptors (Lipinski definition) is 2. The molecule has 2 aliphatic heterocycles. The number of rotatable bonds is 5. The van der Waals surface area contributed by atoms with Crippen molar-refractivity contribution >= 4 is 11.5 Å². The Balaban J connectivity index is 0.00000240. The summed E-state index contributed by atoms with van der Waals surface area (Å²) in [5, 5.41) is 0. The van der Waals surface area contributed by atoms with Crippen LogP contribution >= 0.6 is 0 Å². The topological polar surface area (TPSA) is 26.3 Å². The van der Waals surface area contributed by atoms with E-state index in [2.05, 4.69) is 51.2 Å². The zero-order valence-electron chi connectivity index (χ0n) is 18.2. The second-order valence-electron chi connectivity index (χ2n) is 9.62. The number of halogens is 1. The summed E-state index contributed by atoms with van der Waals surface area (Å²) in [5.41, 5.74) is 3.98. The Labute approximate surface area is 193 Å². The molecule has 4 atom stereocenters. The Morgan fingerprint density at radius 1 is 1.07 bits per heavy atom. The van der Waals surface area contributed by atoms with E-state index in [1.165, 1.54) is 46.9 Å². The van der Waals surface area contributed by atoms with Crippen molar-refractivity contribution in [2.45, 2.75) is 95.9 Å². The molecular weight excluding hydrogens is 473 g/mol. The lowest BCUT2D eigenvalue weighted by molar-refractivity contribution is -0.968. The lowest BCUT2D eigenvalue weighted by atomic mass is 9.86. The summed E-state index contributed by atoms with van der Waals surface area (Å²) in [6.07, 6.45) is 9.81. The van der Waals surface area contributed by atoms with E-state index < -0.39 is 0 Å². The van der Waals surface area contributed by atoms with Crippen LogP contribution < -0.4 is 24.0 Å². The van der Waals surface area contributed by atoms with Crippen molar-refractivity contribution in [3.05, 3.63) is 41.5 Å². The van der Waals surface area contributed by atoms with Crippen molar-refractivity contribution in [2.24, 2.45) is 0 Å². The van der Waals surface area contributed by atoms with Crippen LogP contribution in [0.25, 0.3) is 5.57 Å². The van der Waals surface area contributed by atoms with Crippen molar-refractivity contribution < 1.29 is 38.0 Å². The highest BCUT2D eigenvalue weighted by atomic mass is 127. The highest BCUT2D eigenvalue weighted by molar-refractivity contribution is 5.79. The van der Waals surface area contributed by atoms with Gasteiger partial charge in [-0.2, -0.15) is 0 Å². The van der Waals surface area contributed by atoms with E-state index in [-0.39, 0.29) is 36.0 Å². The molecule has 0 amide bonds. The first-order valence-electron chi connectivity index (χ1n) is 11.3. The van der Waals surface area contributed by atoms with Gasteiger partial charge in [0.05, 0.1) is 31.6 Å². The molecule has 4 rings (SSSR count). The number of allylic oxidation sites excluding steroid dienone is 1. The third-order valence-corrected chi connectivity index (χ3v) is 7.95. The van der Waals surface area contributed by atoms with E-state index in [1.54, 1.807) is 0 Å². The fraction of sp³-hybridized carbons (Fsp3) is 0.640. The fourth-order valence-electron chi connectivity index (χ4n) is 6.12. The molecule has 1 aromatic carbocycles. The first kappa shape index (κ1) is 22.8. The number of hydrogen-bond donors (Lipinski definition) is 0. The SMILES string of the molecule is CC(C)[N+]1(C)[C@@H]2CC[C@H]1CC(OC(=O)CC1=C(c3ccccc3)CCCC1)C2.[I-]. The van der Waals surface area contributed by atoms with Gasteiger partial charge in [-0.3, -0.25) is 4.79 Å². The molecule has 1 aromatic rings. The van der Waals surface area contributed by atoms with E-state index in [0.717, 1.165) is 25.7 Å². The summed E-state index contributed by atoms with van der Waals surface area (Å²) in [6.45, 7) is 4.69. The molecule has 0 aromatic heterocycles. The van der Waals surface area contributed by atoms with Gasteiger partial charge in [0.2, 0.25) is 0 Å². The number of benzene rings is 1. The lowest BCUT2D eigenvalue weighted by Crippen LogP contribution is -3.00. The highest BCUT2D eigenvalue weighted by Gasteiger charge is 2.53. The normalized spacial score (nSPS) is 31.5. The number of quaternary nitrogens is 1. The minimum Gasteiger partial charge on any atom is -1.00 e. The molecule has 29 heavy (non-hydrogen) atoms. The van der Waals surface area contributed by atoms with Gasteiger partial charge in [0.15, 0.2) is 0 Å². The fourth-order valence-corrected chi connectivity index (χ4v) is 6.12. The number of esters is 1. The molecule has 1 aliphatic carbocycles. The molecule has 2 heterocycles. The van der Waals surface area contributed by atoms with Crippen LogP contribution in [0.2, 0.25) is 0 Å². The van der Waals surface area contributed by atoms with Crippen molar-refractivity contribution in [1.29, 1.82) is 0 Å². The third-order valence-electron chi connectivity index (χ3n) is 7.95. The van der Waals surface area contributed by atoms with Gasteiger partial charge in [0.1, 0.15) is 6.10 Å². The quantitative estimate of drug-likeness (QED) is 0.347. The van der Waals surface area contributed by atoms with Gasteiger partial charge in [-0.05, 0) is 50.7 Å². The van der Waals surface area contributed by atoms with Gasteiger partial charge in [0.25, 0.3) is 0 Å². The maximum Gasteiger partial charge on any atom is 0.310 e. The zero-order valence-corrected chi connectivity index (χ0v) is 20.4. The van der Waals surface area contributed by atoms with Gasteiger partial charge in [0, 0.05) is 25.7 Å². The van der Waals surface area contributed by atoms with Crippen molar-refractivity contribution in [2.75, 3.05) is 7.05 Å². The van der Waals surface area contributed by atoms with Gasteiger partial charge in [-0.25, -0.2) is 0 Å². The molecule has 2 bridgehead atoms. The second kappa shape index (κ2) is 9.51. The van der Waals surface area contributed by atoms with Crippen molar-refractivity contribution in [3.63, 3.8) is 0 Å². The second-order valence-corrected chi connectivity index (χ2v) is 9.62. The zero-order chi connectivity index (χ0) is 19.7. The molecule has 0 spiro atoms. The smallest absolute Gasteiger partial charge is 0.310 e. The molecule has 4 heteroatoms. The first-order chi connectivity index (χ1) is 13.5. The van der Waals surface area contributed by atoms with E-state index in [9.17, 15) is 4.79 Å².